The molecule has 0 aromatic carbocycles. The van der Waals surface area contributed by atoms with Crippen LogP contribution in [0.15, 0.2) is 18.2 Å². The number of carboxylic acids is 1. The lowest BCUT2D eigenvalue weighted by molar-refractivity contribution is 0.00604. The van der Waals surface area contributed by atoms with E-state index in [0.717, 1.165) is 31.7 Å². The molecule has 1 fully saturated rings. The summed E-state index contributed by atoms with van der Waals surface area (Å²) in [6.45, 7) is 2.89. The van der Waals surface area contributed by atoms with Crippen LogP contribution in [0.4, 0.5) is 5.82 Å². The summed E-state index contributed by atoms with van der Waals surface area (Å²) in [5.41, 5.74) is 0.0842. The smallest absolute Gasteiger partial charge is 0.354 e. The monoisotopic (exact) mass is 280 g/mol. The van der Waals surface area contributed by atoms with Gasteiger partial charge in [-0.3, -0.25) is 0 Å². The fraction of sp³-hybridized carbons (Fsp3) is 0.571. The van der Waals surface area contributed by atoms with Crippen LogP contribution in [0, 0.1) is 0 Å². The molecule has 6 nitrogen and oxygen atoms in total. The molecule has 1 aliphatic heterocycles. The number of methoxy groups -OCH3 is 1. The molecule has 0 saturated carbocycles. The van der Waals surface area contributed by atoms with Crippen LogP contribution in [-0.4, -0.2) is 55.6 Å². The number of hydrogen-bond donors (Lipinski definition) is 1. The summed E-state index contributed by atoms with van der Waals surface area (Å²) < 4.78 is 10.7. The van der Waals surface area contributed by atoms with E-state index in [1.54, 1.807) is 13.2 Å². The van der Waals surface area contributed by atoms with E-state index >= 15 is 0 Å². The summed E-state index contributed by atoms with van der Waals surface area (Å²) in [5, 5.41) is 8.96. The maximum atomic E-state index is 10.9. The Balaban J connectivity index is 1.87. The number of hydrogen-bond acceptors (Lipinski definition) is 5. The standard InChI is InChI=1S/C14H20N2O4/c1-19-9-10-20-11-5-7-16(8-6-11)13-4-2-3-12(15-13)14(17)18/h2-4,11H,5-10H2,1H3,(H,17,18). The van der Waals surface area contributed by atoms with Crippen molar-refractivity contribution in [2.24, 2.45) is 0 Å². The van der Waals surface area contributed by atoms with Crippen molar-refractivity contribution in [3.8, 4) is 0 Å². The van der Waals surface area contributed by atoms with Crippen LogP contribution in [0.3, 0.4) is 0 Å². The molecule has 1 aromatic rings. The molecule has 2 heterocycles. The number of ether oxygens (including phenoxy) is 2. The fourth-order valence-electron chi connectivity index (χ4n) is 2.27. The third kappa shape index (κ3) is 3.91. The summed E-state index contributed by atoms with van der Waals surface area (Å²) in [7, 11) is 1.66. The van der Waals surface area contributed by atoms with Gasteiger partial charge in [-0.2, -0.15) is 0 Å². The maximum Gasteiger partial charge on any atom is 0.354 e. The van der Waals surface area contributed by atoms with Crippen LogP contribution < -0.4 is 4.90 Å². The van der Waals surface area contributed by atoms with Crippen LogP contribution in [-0.2, 0) is 9.47 Å². The molecule has 0 amide bonds. The van der Waals surface area contributed by atoms with Crippen LogP contribution >= 0.6 is 0 Å². The molecule has 0 bridgehead atoms. The molecule has 0 spiro atoms. The van der Waals surface area contributed by atoms with Crippen LogP contribution in [0.25, 0.3) is 0 Å². The molecule has 1 saturated heterocycles. The van der Waals surface area contributed by atoms with Gasteiger partial charge in [-0.15, -0.1) is 0 Å². The van der Waals surface area contributed by atoms with Crippen molar-refractivity contribution in [1.82, 2.24) is 4.98 Å². The Morgan fingerprint density at radius 2 is 2.15 bits per heavy atom. The minimum atomic E-state index is -0.996. The van der Waals surface area contributed by atoms with Crippen molar-refractivity contribution in [3.63, 3.8) is 0 Å². The van der Waals surface area contributed by atoms with E-state index in [0.29, 0.717) is 13.2 Å². The van der Waals surface area contributed by atoms with Crippen molar-refractivity contribution in [2.75, 3.05) is 38.3 Å². The molecule has 1 aliphatic rings. The van der Waals surface area contributed by atoms with E-state index < -0.39 is 5.97 Å². The summed E-state index contributed by atoms with van der Waals surface area (Å²) in [6, 6.07) is 5.08. The van der Waals surface area contributed by atoms with Crippen LogP contribution in [0.5, 0.6) is 0 Å². The number of carbonyl (C=O) groups is 1. The molecule has 0 radical (unpaired) electrons. The highest BCUT2D eigenvalue weighted by molar-refractivity contribution is 5.85. The van der Waals surface area contributed by atoms with Crippen molar-refractivity contribution in [1.29, 1.82) is 0 Å². The quantitative estimate of drug-likeness (QED) is 0.794. The number of carboxylic acid groups (broad SMARTS) is 1. The fourth-order valence-corrected chi connectivity index (χ4v) is 2.27. The van der Waals surface area contributed by atoms with Gasteiger partial charge in [0.1, 0.15) is 5.82 Å². The van der Waals surface area contributed by atoms with Gasteiger partial charge in [0, 0.05) is 20.2 Å². The lowest BCUT2D eigenvalue weighted by Gasteiger charge is -2.32. The van der Waals surface area contributed by atoms with Crippen LogP contribution in [0.2, 0.25) is 0 Å². The molecule has 1 aromatic heterocycles. The highest BCUT2D eigenvalue weighted by atomic mass is 16.5. The zero-order valence-corrected chi connectivity index (χ0v) is 11.6. The van der Waals surface area contributed by atoms with Crippen molar-refractivity contribution in [2.45, 2.75) is 18.9 Å². The van der Waals surface area contributed by atoms with Gasteiger partial charge >= 0.3 is 5.97 Å². The van der Waals surface area contributed by atoms with E-state index in [9.17, 15) is 4.79 Å². The maximum absolute atomic E-state index is 10.9. The molecule has 0 unspecified atom stereocenters. The van der Waals surface area contributed by atoms with E-state index in [2.05, 4.69) is 9.88 Å². The van der Waals surface area contributed by atoms with Gasteiger partial charge in [0.25, 0.3) is 0 Å². The van der Waals surface area contributed by atoms with Gasteiger partial charge < -0.3 is 19.5 Å². The number of piperidine rings is 1. The zero-order chi connectivity index (χ0) is 14.4. The highest BCUT2D eigenvalue weighted by Gasteiger charge is 2.21. The molecule has 2 rings (SSSR count). The first-order valence-corrected chi connectivity index (χ1v) is 6.76. The third-order valence-electron chi connectivity index (χ3n) is 3.36. The Morgan fingerprint density at radius 3 is 2.80 bits per heavy atom. The molecule has 1 N–H and O–H groups in total. The minimum absolute atomic E-state index is 0.0842. The van der Waals surface area contributed by atoms with Gasteiger partial charge in [-0.25, -0.2) is 9.78 Å². The number of rotatable bonds is 6. The lowest BCUT2D eigenvalue weighted by Crippen LogP contribution is -2.38. The van der Waals surface area contributed by atoms with E-state index in [1.807, 2.05) is 6.07 Å². The summed E-state index contributed by atoms with van der Waals surface area (Å²) in [6.07, 6.45) is 2.09. The average Bonchev–Trinajstić information content (AvgIpc) is 2.48. The Labute approximate surface area is 118 Å². The summed E-state index contributed by atoms with van der Waals surface area (Å²) >= 11 is 0. The highest BCUT2D eigenvalue weighted by Crippen LogP contribution is 2.19. The van der Waals surface area contributed by atoms with Crippen molar-refractivity contribution < 1.29 is 19.4 Å². The number of anilines is 1. The Morgan fingerprint density at radius 1 is 1.40 bits per heavy atom. The largest absolute Gasteiger partial charge is 0.477 e. The first-order valence-electron chi connectivity index (χ1n) is 6.76. The molecule has 6 heteroatoms. The molecule has 20 heavy (non-hydrogen) atoms. The predicted molar refractivity (Wildman–Crippen MR) is 74.3 cm³/mol. The number of nitrogens with zero attached hydrogens (tertiary/aromatic N) is 2. The second kappa shape index (κ2) is 7.21. The normalized spacial score (nSPS) is 16.4. The molecular formula is C14H20N2O4. The topological polar surface area (TPSA) is 71.9 Å². The number of aromatic nitrogens is 1. The molecule has 110 valence electrons. The summed E-state index contributed by atoms with van der Waals surface area (Å²) in [4.78, 5) is 17.2. The van der Waals surface area contributed by atoms with Gasteiger partial charge in [0.2, 0.25) is 0 Å². The average molecular weight is 280 g/mol. The third-order valence-corrected chi connectivity index (χ3v) is 3.36. The van der Waals surface area contributed by atoms with E-state index in [1.165, 1.54) is 6.07 Å². The predicted octanol–water partition coefficient (Wildman–Crippen LogP) is 1.41. The van der Waals surface area contributed by atoms with Gasteiger partial charge in [-0.1, -0.05) is 6.07 Å². The van der Waals surface area contributed by atoms with Gasteiger partial charge in [0.15, 0.2) is 5.69 Å². The van der Waals surface area contributed by atoms with Gasteiger partial charge in [0.05, 0.1) is 19.3 Å². The van der Waals surface area contributed by atoms with E-state index in [4.69, 9.17) is 14.6 Å². The van der Waals surface area contributed by atoms with Gasteiger partial charge in [-0.05, 0) is 25.0 Å². The summed E-state index contributed by atoms with van der Waals surface area (Å²) in [5.74, 6) is -0.273. The van der Waals surface area contributed by atoms with Crippen LogP contribution in [0.1, 0.15) is 23.3 Å². The Kier molecular flexibility index (Phi) is 5.31. The van der Waals surface area contributed by atoms with E-state index in [-0.39, 0.29) is 11.8 Å². The number of aromatic carboxylic acids is 1. The molecular weight excluding hydrogens is 260 g/mol. The second-order valence-electron chi connectivity index (χ2n) is 4.74. The zero-order valence-electron chi connectivity index (χ0n) is 11.6. The lowest BCUT2D eigenvalue weighted by atomic mass is 10.1. The van der Waals surface area contributed by atoms with Crippen molar-refractivity contribution in [3.05, 3.63) is 23.9 Å². The molecule has 0 aliphatic carbocycles. The Hall–Kier alpha value is -1.66. The molecule has 0 atom stereocenters. The first-order chi connectivity index (χ1) is 9.70. The minimum Gasteiger partial charge on any atom is -0.477 e. The SMILES string of the molecule is COCCOC1CCN(c2cccc(C(=O)O)n2)CC1. The Bertz CT molecular complexity index is 445. The number of pyridine rings is 1. The first kappa shape index (κ1) is 14.7. The van der Waals surface area contributed by atoms with Crippen molar-refractivity contribution >= 4 is 11.8 Å². The second-order valence-corrected chi connectivity index (χ2v) is 4.74.